The van der Waals surface area contributed by atoms with E-state index in [0.29, 0.717) is 17.2 Å². The number of thiol groups is 1. The Labute approximate surface area is 138 Å². The number of hydrogen-bond acceptors (Lipinski definition) is 5. The van der Waals surface area contributed by atoms with E-state index in [1.807, 2.05) is 42.5 Å². The summed E-state index contributed by atoms with van der Waals surface area (Å²) in [5.41, 5.74) is 1.61. The number of carbonyl (C=O) groups is 1. The predicted molar refractivity (Wildman–Crippen MR) is 88.9 cm³/mol. The van der Waals surface area contributed by atoms with Crippen LogP contribution in [0.4, 0.5) is 5.69 Å². The number of carbonyl (C=O) groups excluding carboxylic acids is 1. The molecule has 1 heterocycles. The van der Waals surface area contributed by atoms with Gasteiger partial charge < -0.3 is 14.6 Å². The van der Waals surface area contributed by atoms with E-state index in [-0.39, 0.29) is 11.6 Å². The Morgan fingerprint density at radius 1 is 1.13 bits per heavy atom. The lowest BCUT2D eigenvalue weighted by molar-refractivity contribution is 0.0987. The Hall–Kier alpha value is -2.73. The molecule has 0 spiro atoms. The van der Waals surface area contributed by atoms with Gasteiger partial charge in [0.15, 0.2) is 0 Å². The Morgan fingerprint density at radius 3 is 2.65 bits per heavy atom. The molecule has 0 fully saturated rings. The molecular weight excluding hydrogens is 312 g/mol. The first-order valence-electron chi connectivity index (χ1n) is 6.95. The van der Waals surface area contributed by atoms with E-state index < -0.39 is 5.91 Å². The van der Waals surface area contributed by atoms with E-state index in [4.69, 9.17) is 9.26 Å². The molecule has 3 rings (SSSR count). The molecule has 0 atom stereocenters. The minimum atomic E-state index is -0.409. The van der Waals surface area contributed by atoms with Crippen LogP contribution in [0.25, 0.3) is 0 Å². The monoisotopic (exact) mass is 326 g/mol. The average Bonchev–Trinajstić information content (AvgIpc) is 3.05. The maximum atomic E-state index is 12.1. The number of ether oxygens (including phenoxy) is 1. The first kappa shape index (κ1) is 15.2. The lowest BCUT2D eigenvalue weighted by atomic mass is 10.2. The van der Waals surface area contributed by atoms with Crippen LogP contribution in [-0.2, 0) is 6.61 Å². The van der Waals surface area contributed by atoms with Crippen molar-refractivity contribution in [3.63, 3.8) is 0 Å². The zero-order valence-electron chi connectivity index (χ0n) is 12.1. The molecule has 2 aromatic carbocycles. The number of nitrogens with one attached hydrogen (secondary N) is 1. The zero-order chi connectivity index (χ0) is 16.1. The van der Waals surface area contributed by atoms with Crippen molar-refractivity contribution in [2.24, 2.45) is 0 Å². The smallest absolute Gasteiger partial charge is 0.294 e. The molecule has 1 aromatic heterocycles. The van der Waals surface area contributed by atoms with E-state index in [1.54, 1.807) is 12.1 Å². The van der Waals surface area contributed by atoms with E-state index in [9.17, 15) is 4.79 Å². The lowest BCUT2D eigenvalue weighted by Gasteiger charge is -2.04. The molecule has 23 heavy (non-hydrogen) atoms. The number of anilines is 1. The third-order valence-corrected chi connectivity index (χ3v) is 3.48. The van der Waals surface area contributed by atoms with Crippen molar-refractivity contribution in [3.8, 4) is 5.88 Å². The fourth-order valence-corrected chi connectivity index (χ4v) is 2.15. The number of aromatic nitrogens is 1. The molecule has 0 unspecified atom stereocenters. The van der Waals surface area contributed by atoms with Gasteiger partial charge in [0, 0.05) is 4.90 Å². The SMILES string of the molecule is O=C(Nc1ccccc1S)c1cc(OCc2ccccc2)no1. The molecule has 116 valence electrons. The highest BCUT2D eigenvalue weighted by Gasteiger charge is 2.15. The van der Waals surface area contributed by atoms with Gasteiger partial charge in [0.1, 0.15) is 6.61 Å². The van der Waals surface area contributed by atoms with Crippen molar-refractivity contribution < 1.29 is 14.1 Å². The Morgan fingerprint density at radius 2 is 1.87 bits per heavy atom. The van der Waals surface area contributed by atoms with Gasteiger partial charge in [0.05, 0.1) is 11.8 Å². The third kappa shape index (κ3) is 3.92. The van der Waals surface area contributed by atoms with Crippen LogP contribution in [0.3, 0.4) is 0 Å². The van der Waals surface area contributed by atoms with Gasteiger partial charge in [-0.2, -0.15) is 0 Å². The van der Waals surface area contributed by atoms with E-state index in [2.05, 4.69) is 23.1 Å². The number of benzene rings is 2. The standard InChI is InChI=1S/C17H14N2O3S/c20-17(18-13-8-4-5-9-15(13)23)14-10-16(19-22-14)21-11-12-6-2-1-3-7-12/h1-10,23H,11H2,(H,18,20). The highest BCUT2D eigenvalue weighted by Crippen LogP contribution is 2.20. The van der Waals surface area contributed by atoms with Crippen molar-refractivity contribution in [1.82, 2.24) is 5.16 Å². The summed E-state index contributed by atoms with van der Waals surface area (Å²) in [7, 11) is 0. The Balaban J connectivity index is 1.62. The molecule has 0 saturated heterocycles. The van der Waals surface area contributed by atoms with Gasteiger partial charge in [-0.05, 0) is 22.9 Å². The summed E-state index contributed by atoms with van der Waals surface area (Å²) in [6.07, 6.45) is 0. The maximum Gasteiger partial charge on any atom is 0.294 e. The molecule has 1 amide bonds. The fourth-order valence-electron chi connectivity index (χ4n) is 1.93. The van der Waals surface area contributed by atoms with Crippen LogP contribution in [0.1, 0.15) is 16.1 Å². The average molecular weight is 326 g/mol. The van der Waals surface area contributed by atoms with Crippen molar-refractivity contribution in [1.29, 1.82) is 0 Å². The van der Waals surface area contributed by atoms with Gasteiger partial charge in [-0.1, -0.05) is 42.5 Å². The summed E-state index contributed by atoms with van der Waals surface area (Å²) >= 11 is 4.28. The van der Waals surface area contributed by atoms with E-state index >= 15 is 0 Å². The summed E-state index contributed by atoms with van der Waals surface area (Å²) in [6, 6.07) is 18.3. The van der Waals surface area contributed by atoms with Crippen LogP contribution in [0.5, 0.6) is 5.88 Å². The number of nitrogens with zero attached hydrogens (tertiary/aromatic N) is 1. The summed E-state index contributed by atoms with van der Waals surface area (Å²) in [4.78, 5) is 12.8. The predicted octanol–water partition coefficient (Wildman–Crippen LogP) is 3.79. The number of para-hydroxylation sites is 1. The van der Waals surface area contributed by atoms with Gasteiger partial charge in [0.25, 0.3) is 11.8 Å². The van der Waals surface area contributed by atoms with Crippen LogP contribution < -0.4 is 10.1 Å². The summed E-state index contributed by atoms with van der Waals surface area (Å²) in [6.45, 7) is 0.355. The largest absolute Gasteiger partial charge is 0.471 e. The van der Waals surface area contributed by atoms with Crippen LogP contribution in [0.2, 0.25) is 0 Å². The van der Waals surface area contributed by atoms with Gasteiger partial charge in [-0.25, -0.2) is 0 Å². The number of rotatable bonds is 5. The van der Waals surface area contributed by atoms with Crippen molar-refractivity contribution in [3.05, 3.63) is 72.0 Å². The summed E-state index contributed by atoms with van der Waals surface area (Å²) in [5.74, 6) is -0.0728. The van der Waals surface area contributed by atoms with Crippen LogP contribution in [0.15, 0.2) is 70.1 Å². The minimum absolute atomic E-state index is 0.0737. The van der Waals surface area contributed by atoms with E-state index in [1.165, 1.54) is 6.07 Å². The zero-order valence-corrected chi connectivity index (χ0v) is 13.0. The fraction of sp³-hybridized carbons (Fsp3) is 0.0588. The molecule has 0 aliphatic heterocycles. The highest BCUT2D eigenvalue weighted by molar-refractivity contribution is 7.80. The second-order valence-electron chi connectivity index (χ2n) is 4.77. The minimum Gasteiger partial charge on any atom is -0.471 e. The molecule has 0 radical (unpaired) electrons. The summed E-state index contributed by atoms with van der Waals surface area (Å²) in [5, 5.41) is 6.45. The van der Waals surface area contributed by atoms with Crippen molar-refractivity contribution in [2.45, 2.75) is 11.5 Å². The number of hydrogen-bond donors (Lipinski definition) is 2. The topological polar surface area (TPSA) is 64.4 Å². The summed E-state index contributed by atoms with van der Waals surface area (Å²) < 4.78 is 10.5. The molecular formula is C17H14N2O3S. The second kappa shape index (κ2) is 7.02. The van der Waals surface area contributed by atoms with Crippen molar-refractivity contribution in [2.75, 3.05) is 5.32 Å². The molecule has 3 aromatic rings. The second-order valence-corrected chi connectivity index (χ2v) is 5.26. The molecule has 0 saturated carbocycles. The lowest BCUT2D eigenvalue weighted by Crippen LogP contribution is -2.11. The molecule has 0 bridgehead atoms. The quantitative estimate of drug-likeness (QED) is 0.700. The number of amides is 1. The first-order chi connectivity index (χ1) is 11.2. The molecule has 1 N–H and O–H groups in total. The van der Waals surface area contributed by atoms with Gasteiger partial charge in [-0.3, -0.25) is 4.79 Å². The van der Waals surface area contributed by atoms with E-state index in [0.717, 1.165) is 5.56 Å². The van der Waals surface area contributed by atoms with Crippen molar-refractivity contribution >= 4 is 24.2 Å². The molecule has 6 heteroatoms. The first-order valence-corrected chi connectivity index (χ1v) is 7.40. The van der Waals surface area contributed by atoms with Gasteiger partial charge in [-0.15, -0.1) is 12.6 Å². The normalized spacial score (nSPS) is 10.3. The Bertz CT molecular complexity index is 802. The van der Waals surface area contributed by atoms with Gasteiger partial charge >= 0.3 is 0 Å². The third-order valence-electron chi connectivity index (χ3n) is 3.09. The molecule has 0 aliphatic rings. The van der Waals surface area contributed by atoms with Gasteiger partial charge in [0.2, 0.25) is 5.76 Å². The van der Waals surface area contributed by atoms with Crippen LogP contribution in [-0.4, -0.2) is 11.1 Å². The maximum absolute atomic E-state index is 12.1. The van der Waals surface area contributed by atoms with Crippen LogP contribution in [0, 0.1) is 0 Å². The van der Waals surface area contributed by atoms with Crippen LogP contribution >= 0.6 is 12.6 Å². The Kier molecular flexibility index (Phi) is 4.63. The molecule has 0 aliphatic carbocycles. The highest BCUT2D eigenvalue weighted by atomic mass is 32.1. The molecule has 5 nitrogen and oxygen atoms in total.